The lowest BCUT2D eigenvalue weighted by Gasteiger charge is -2.44. The van der Waals surface area contributed by atoms with E-state index in [1.54, 1.807) is 0 Å². The van der Waals surface area contributed by atoms with E-state index in [4.69, 9.17) is 0 Å². The van der Waals surface area contributed by atoms with Gasteiger partial charge in [0.25, 0.3) is 0 Å². The summed E-state index contributed by atoms with van der Waals surface area (Å²) in [5.74, 6) is 0. The first kappa shape index (κ1) is 14.8. The molecule has 1 aliphatic rings. The van der Waals surface area contributed by atoms with Crippen molar-refractivity contribution in [2.75, 3.05) is 0 Å². The molecule has 0 saturated carbocycles. The van der Waals surface area contributed by atoms with Crippen LogP contribution in [-0.2, 0) is 11.8 Å². The zero-order valence-electron chi connectivity index (χ0n) is 13.5. The third-order valence-electron chi connectivity index (χ3n) is 5.49. The highest BCUT2D eigenvalue weighted by molar-refractivity contribution is 7.18. The maximum Gasteiger partial charge on any atom is 0.191 e. The molecule has 0 amide bonds. The van der Waals surface area contributed by atoms with Crippen LogP contribution in [-0.4, -0.2) is 0 Å². The van der Waals surface area contributed by atoms with E-state index in [9.17, 15) is 4.79 Å². The van der Waals surface area contributed by atoms with Crippen LogP contribution in [0, 0.1) is 5.41 Å². The van der Waals surface area contributed by atoms with Crippen LogP contribution in [0.25, 0.3) is 10.1 Å². The van der Waals surface area contributed by atoms with E-state index < -0.39 is 0 Å². The summed E-state index contributed by atoms with van der Waals surface area (Å²) in [4.78, 5) is 14.3. The highest BCUT2D eigenvalue weighted by Crippen LogP contribution is 2.50. The van der Waals surface area contributed by atoms with Crippen molar-refractivity contribution < 1.29 is 0 Å². The topological polar surface area (TPSA) is 17.1 Å². The first-order valence-electron chi connectivity index (χ1n) is 7.98. The molecule has 1 aromatic heterocycles. The van der Waals surface area contributed by atoms with Crippen molar-refractivity contribution in [1.82, 2.24) is 0 Å². The van der Waals surface area contributed by atoms with E-state index in [0.29, 0.717) is 0 Å². The molecule has 2 unspecified atom stereocenters. The molecule has 2 heteroatoms. The molecule has 0 spiro atoms. The quantitative estimate of drug-likeness (QED) is 0.736. The molecule has 0 fully saturated rings. The van der Waals surface area contributed by atoms with Gasteiger partial charge in [0.1, 0.15) is 0 Å². The van der Waals surface area contributed by atoms with Crippen LogP contribution in [0.3, 0.4) is 0 Å². The third-order valence-corrected chi connectivity index (χ3v) is 7.01. The Balaban J connectivity index is 2.34. The standard InChI is InChI=1S/C19H24OS/c1-5-18(3)11-14-16(20)13-9-7-8-10-15(13)21-17(14)19(4,6-2)12-18/h7-10H,5-6,11-12H2,1-4H3. The molecule has 2 aromatic rings. The predicted octanol–water partition coefficient (Wildman–Crippen LogP) is 5.29. The Bertz CT molecular complexity index is 745. The Morgan fingerprint density at radius 1 is 1.14 bits per heavy atom. The van der Waals surface area contributed by atoms with Gasteiger partial charge in [0.15, 0.2) is 5.43 Å². The molecule has 0 saturated heterocycles. The molecule has 1 aromatic carbocycles. The molecule has 1 heterocycles. The van der Waals surface area contributed by atoms with Crippen LogP contribution in [0.4, 0.5) is 0 Å². The fourth-order valence-electron chi connectivity index (χ4n) is 3.88. The normalized spacial score (nSPS) is 28.6. The number of fused-ring (bicyclic) bond motifs is 2. The molecule has 0 bridgehead atoms. The molecule has 2 atom stereocenters. The second kappa shape index (κ2) is 4.95. The lowest BCUT2D eigenvalue weighted by Crippen LogP contribution is -2.40. The van der Waals surface area contributed by atoms with Gasteiger partial charge in [-0.1, -0.05) is 46.2 Å². The minimum absolute atomic E-state index is 0.145. The zero-order valence-corrected chi connectivity index (χ0v) is 14.3. The Morgan fingerprint density at radius 2 is 1.86 bits per heavy atom. The van der Waals surface area contributed by atoms with Crippen LogP contribution in [0.5, 0.6) is 0 Å². The number of rotatable bonds is 2. The molecular weight excluding hydrogens is 276 g/mol. The summed E-state index contributed by atoms with van der Waals surface area (Å²) in [5.41, 5.74) is 1.77. The molecule has 21 heavy (non-hydrogen) atoms. The molecule has 0 N–H and O–H groups in total. The summed E-state index contributed by atoms with van der Waals surface area (Å²) in [6.45, 7) is 9.22. The van der Waals surface area contributed by atoms with Gasteiger partial charge in [-0.05, 0) is 36.8 Å². The fourth-order valence-corrected chi connectivity index (χ4v) is 5.26. The van der Waals surface area contributed by atoms with Gasteiger partial charge in [-0.25, -0.2) is 0 Å². The van der Waals surface area contributed by atoms with Gasteiger partial charge in [-0.15, -0.1) is 11.3 Å². The average molecular weight is 300 g/mol. The fraction of sp³-hybridized carbons (Fsp3) is 0.526. The second-order valence-corrected chi connectivity index (χ2v) is 8.22. The van der Waals surface area contributed by atoms with E-state index >= 15 is 0 Å². The predicted molar refractivity (Wildman–Crippen MR) is 92.5 cm³/mol. The molecule has 0 aliphatic heterocycles. The first-order chi connectivity index (χ1) is 9.92. The summed E-state index contributed by atoms with van der Waals surface area (Å²) < 4.78 is 1.14. The minimum atomic E-state index is 0.145. The largest absolute Gasteiger partial charge is 0.289 e. The number of hydrogen-bond donors (Lipinski definition) is 0. The Hall–Kier alpha value is -1.15. The van der Waals surface area contributed by atoms with Crippen LogP contribution >= 0.6 is 11.3 Å². The van der Waals surface area contributed by atoms with E-state index in [1.807, 2.05) is 29.5 Å². The Morgan fingerprint density at radius 3 is 2.52 bits per heavy atom. The van der Waals surface area contributed by atoms with E-state index in [2.05, 4.69) is 33.8 Å². The van der Waals surface area contributed by atoms with Gasteiger partial charge in [0.2, 0.25) is 0 Å². The minimum Gasteiger partial charge on any atom is -0.289 e. The average Bonchev–Trinajstić information content (AvgIpc) is 2.49. The van der Waals surface area contributed by atoms with Crippen LogP contribution in [0.1, 0.15) is 57.4 Å². The van der Waals surface area contributed by atoms with Crippen LogP contribution in [0.15, 0.2) is 29.1 Å². The van der Waals surface area contributed by atoms with Crippen molar-refractivity contribution in [3.63, 3.8) is 0 Å². The first-order valence-corrected chi connectivity index (χ1v) is 8.79. The molecule has 1 aliphatic carbocycles. The summed E-state index contributed by atoms with van der Waals surface area (Å²) in [5, 5.41) is 0.903. The van der Waals surface area contributed by atoms with Crippen LogP contribution in [0.2, 0.25) is 0 Å². The summed E-state index contributed by atoms with van der Waals surface area (Å²) in [6, 6.07) is 8.08. The molecule has 1 nitrogen and oxygen atoms in total. The van der Waals surface area contributed by atoms with Gasteiger partial charge < -0.3 is 0 Å². The van der Waals surface area contributed by atoms with E-state index in [1.165, 1.54) is 11.3 Å². The summed E-state index contributed by atoms with van der Waals surface area (Å²) in [7, 11) is 0. The Labute approximate surface area is 131 Å². The van der Waals surface area contributed by atoms with Crippen molar-refractivity contribution in [3.8, 4) is 0 Å². The maximum atomic E-state index is 13.0. The smallest absolute Gasteiger partial charge is 0.191 e. The van der Waals surface area contributed by atoms with Crippen molar-refractivity contribution in [1.29, 1.82) is 0 Å². The van der Waals surface area contributed by atoms with Gasteiger partial charge in [-0.3, -0.25) is 4.79 Å². The lowest BCUT2D eigenvalue weighted by molar-refractivity contribution is 0.186. The zero-order chi connectivity index (χ0) is 15.3. The molecular formula is C19H24OS. The second-order valence-electron chi connectivity index (χ2n) is 7.17. The van der Waals surface area contributed by atoms with Crippen molar-refractivity contribution in [2.45, 2.75) is 58.8 Å². The van der Waals surface area contributed by atoms with Crippen molar-refractivity contribution >= 4 is 21.4 Å². The summed E-state index contributed by atoms with van der Waals surface area (Å²) in [6.07, 6.45) is 4.37. The van der Waals surface area contributed by atoms with Gasteiger partial charge in [0.05, 0.1) is 0 Å². The SMILES string of the molecule is CCC1(C)Cc2c(sc3ccccc3c2=O)C(C)(CC)C1. The van der Waals surface area contributed by atoms with Crippen molar-refractivity contribution in [2.24, 2.45) is 5.41 Å². The maximum absolute atomic E-state index is 13.0. The monoisotopic (exact) mass is 300 g/mol. The van der Waals surface area contributed by atoms with E-state index in [-0.39, 0.29) is 16.3 Å². The third kappa shape index (κ3) is 2.24. The molecule has 3 rings (SSSR count). The van der Waals surface area contributed by atoms with Crippen LogP contribution < -0.4 is 5.43 Å². The highest BCUT2D eigenvalue weighted by atomic mass is 32.1. The lowest BCUT2D eigenvalue weighted by atomic mass is 9.62. The van der Waals surface area contributed by atoms with Gasteiger partial charge in [-0.2, -0.15) is 0 Å². The summed E-state index contributed by atoms with van der Waals surface area (Å²) >= 11 is 1.85. The highest BCUT2D eigenvalue weighted by Gasteiger charge is 2.42. The Kier molecular flexibility index (Phi) is 3.48. The number of hydrogen-bond acceptors (Lipinski definition) is 2. The molecule has 112 valence electrons. The van der Waals surface area contributed by atoms with E-state index in [0.717, 1.165) is 34.9 Å². The van der Waals surface area contributed by atoms with Gasteiger partial charge in [0, 0.05) is 25.9 Å². The van der Waals surface area contributed by atoms with Crippen molar-refractivity contribution in [3.05, 3.63) is 44.9 Å². The van der Waals surface area contributed by atoms with Gasteiger partial charge >= 0.3 is 0 Å². The number of benzene rings is 1. The molecule has 0 radical (unpaired) electrons.